The van der Waals surface area contributed by atoms with Crippen LogP contribution in [0, 0.1) is 0 Å². The highest BCUT2D eigenvalue weighted by Crippen LogP contribution is 2.15. The fraction of sp³-hybridized carbons (Fsp3) is 0.429. The third-order valence-electron chi connectivity index (χ3n) is 1.44. The van der Waals surface area contributed by atoms with Crippen LogP contribution in [0.3, 0.4) is 0 Å². The predicted molar refractivity (Wildman–Crippen MR) is 50.9 cm³/mol. The lowest BCUT2D eigenvalue weighted by atomic mass is 10.3. The fourth-order valence-electron chi connectivity index (χ4n) is 0.852. The van der Waals surface area contributed by atoms with Crippen molar-refractivity contribution in [3.63, 3.8) is 0 Å². The van der Waals surface area contributed by atoms with Crippen molar-refractivity contribution >= 4 is 17.3 Å². The van der Waals surface area contributed by atoms with Crippen LogP contribution >= 0.6 is 11.3 Å². The Morgan fingerprint density at radius 1 is 1.79 bits per heavy atom. The first kappa shape index (κ1) is 10.5. The minimum absolute atomic E-state index is 0.0778. The number of hydrogen-bond donors (Lipinski definition) is 1. The molecule has 1 aromatic rings. The summed E-state index contributed by atoms with van der Waals surface area (Å²) in [5, 5.41) is 12.6. The van der Waals surface area contributed by atoms with Crippen molar-refractivity contribution in [3.05, 3.63) is 26.5 Å². The van der Waals surface area contributed by atoms with E-state index >= 15 is 0 Å². The zero-order valence-corrected chi connectivity index (χ0v) is 8.07. The van der Waals surface area contributed by atoms with E-state index in [9.17, 15) is 4.79 Å². The predicted octanol–water partition coefficient (Wildman–Crippen LogP) is 1.97. The fourth-order valence-corrected chi connectivity index (χ4v) is 1.69. The summed E-state index contributed by atoms with van der Waals surface area (Å²) in [4.78, 5) is 17.7. The Kier molecular flexibility index (Phi) is 3.90. The molecule has 7 heteroatoms. The number of thiazole rings is 1. The van der Waals surface area contributed by atoms with Crippen LogP contribution in [-0.2, 0) is 17.8 Å². The van der Waals surface area contributed by atoms with Gasteiger partial charge in [0.2, 0.25) is 0 Å². The van der Waals surface area contributed by atoms with Gasteiger partial charge in [-0.05, 0) is 5.53 Å². The van der Waals surface area contributed by atoms with E-state index in [2.05, 4.69) is 15.0 Å². The highest BCUT2D eigenvalue weighted by atomic mass is 32.1. The molecule has 14 heavy (non-hydrogen) atoms. The molecular formula is C7H8N4O2S. The van der Waals surface area contributed by atoms with E-state index in [1.54, 1.807) is 6.20 Å². The molecular weight excluding hydrogens is 204 g/mol. The highest BCUT2D eigenvalue weighted by Gasteiger charge is 2.03. The second-order valence-corrected chi connectivity index (χ2v) is 3.70. The second-order valence-electron chi connectivity index (χ2n) is 2.50. The molecule has 0 bridgehead atoms. The number of nitrogens with zero attached hydrogens (tertiary/aromatic N) is 4. The van der Waals surface area contributed by atoms with E-state index in [1.165, 1.54) is 11.3 Å². The van der Waals surface area contributed by atoms with Crippen molar-refractivity contribution in [2.75, 3.05) is 0 Å². The van der Waals surface area contributed by atoms with Crippen LogP contribution in [0.15, 0.2) is 11.3 Å². The number of carboxylic acid groups (broad SMARTS) is 1. The second kappa shape index (κ2) is 5.21. The molecule has 0 amide bonds. The quantitative estimate of drug-likeness (QED) is 0.458. The molecule has 0 saturated carbocycles. The molecule has 0 fully saturated rings. The zero-order valence-electron chi connectivity index (χ0n) is 7.25. The molecule has 0 aliphatic heterocycles. The Balaban J connectivity index is 2.50. The summed E-state index contributed by atoms with van der Waals surface area (Å²) in [6.45, 7) is 0.279. The van der Waals surface area contributed by atoms with E-state index in [0.717, 1.165) is 9.88 Å². The molecule has 0 saturated heterocycles. The summed E-state index contributed by atoms with van der Waals surface area (Å²) in [6, 6.07) is 0. The summed E-state index contributed by atoms with van der Waals surface area (Å²) in [5.74, 6) is -0.836. The molecule has 6 nitrogen and oxygen atoms in total. The number of carboxylic acids is 1. The molecule has 1 heterocycles. The SMILES string of the molecule is [N-]=[N+]=NCc1cnc(CCC(=O)O)s1. The maximum Gasteiger partial charge on any atom is 0.303 e. The van der Waals surface area contributed by atoms with Crippen LogP contribution in [0.25, 0.3) is 10.4 Å². The van der Waals surface area contributed by atoms with Crippen LogP contribution in [0.5, 0.6) is 0 Å². The van der Waals surface area contributed by atoms with Crippen LogP contribution in [0.2, 0.25) is 0 Å². The van der Waals surface area contributed by atoms with E-state index in [1.807, 2.05) is 0 Å². The molecule has 1 N–H and O–H groups in total. The monoisotopic (exact) mass is 212 g/mol. The van der Waals surface area contributed by atoms with Crippen molar-refractivity contribution in [1.82, 2.24) is 4.98 Å². The van der Waals surface area contributed by atoms with Gasteiger partial charge in [-0.1, -0.05) is 5.11 Å². The minimum atomic E-state index is -0.836. The van der Waals surface area contributed by atoms with E-state index in [0.29, 0.717) is 6.42 Å². The highest BCUT2D eigenvalue weighted by molar-refractivity contribution is 7.11. The third kappa shape index (κ3) is 3.42. The number of aliphatic carboxylic acids is 1. The first-order valence-electron chi connectivity index (χ1n) is 3.88. The van der Waals surface area contributed by atoms with Gasteiger partial charge in [-0.15, -0.1) is 11.3 Å². The number of hydrogen-bond acceptors (Lipinski definition) is 4. The smallest absolute Gasteiger partial charge is 0.303 e. The average molecular weight is 212 g/mol. The molecule has 0 aromatic carbocycles. The van der Waals surface area contributed by atoms with Crippen molar-refractivity contribution < 1.29 is 9.90 Å². The number of aromatic nitrogens is 1. The van der Waals surface area contributed by atoms with Gasteiger partial charge in [-0.3, -0.25) is 4.79 Å². The molecule has 0 aliphatic carbocycles. The summed E-state index contributed by atoms with van der Waals surface area (Å²) in [6.07, 6.45) is 2.11. The van der Waals surface area contributed by atoms with Gasteiger partial charge in [0.15, 0.2) is 0 Å². The average Bonchev–Trinajstić information content (AvgIpc) is 2.59. The zero-order chi connectivity index (χ0) is 10.4. The van der Waals surface area contributed by atoms with Gasteiger partial charge in [0.1, 0.15) is 0 Å². The molecule has 0 spiro atoms. The number of azide groups is 1. The number of rotatable bonds is 5. The third-order valence-corrected chi connectivity index (χ3v) is 2.49. The normalized spacial score (nSPS) is 9.43. The Morgan fingerprint density at radius 3 is 3.21 bits per heavy atom. The minimum Gasteiger partial charge on any atom is -0.481 e. The van der Waals surface area contributed by atoms with E-state index in [4.69, 9.17) is 10.6 Å². The molecule has 0 radical (unpaired) electrons. The van der Waals surface area contributed by atoms with Crippen molar-refractivity contribution in [1.29, 1.82) is 0 Å². The molecule has 1 rings (SSSR count). The lowest BCUT2D eigenvalue weighted by molar-refractivity contribution is -0.136. The lowest BCUT2D eigenvalue weighted by Crippen LogP contribution is -1.96. The first-order chi connectivity index (χ1) is 6.72. The Hall–Kier alpha value is -1.59. The maximum atomic E-state index is 10.3. The largest absolute Gasteiger partial charge is 0.481 e. The summed E-state index contributed by atoms with van der Waals surface area (Å²) in [5.41, 5.74) is 8.08. The molecule has 0 atom stereocenters. The van der Waals surface area contributed by atoms with Gasteiger partial charge in [0, 0.05) is 22.4 Å². The van der Waals surface area contributed by atoms with Crippen LogP contribution in [0.1, 0.15) is 16.3 Å². The van der Waals surface area contributed by atoms with Gasteiger partial charge in [-0.25, -0.2) is 4.98 Å². The Morgan fingerprint density at radius 2 is 2.57 bits per heavy atom. The number of carbonyl (C=O) groups is 1. The van der Waals surface area contributed by atoms with Crippen molar-refractivity contribution in [2.24, 2.45) is 5.11 Å². The topological polar surface area (TPSA) is 99.0 Å². The summed E-state index contributed by atoms with van der Waals surface area (Å²) in [7, 11) is 0. The molecule has 0 unspecified atom stereocenters. The maximum absolute atomic E-state index is 10.3. The van der Waals surface area contributed by atoms with Gasteiger partial charge < -0.3 is 5.11 Å². The molecule has 1 aromatic heterocycles. The Bertz CT molecular complexity index is 370. The van der Waals surface area contributed by atoms with E-state index in [-0.39, 0.29) is 13.0 Å². The standard InChI is InChI=1S/C7H8N4O2S/c8-11-10-4-5-3-9-6(14-5)1-2-7(12)13/h3H,1-2,4H2,(H,12,13). The number of aryl methyl sites for hydroxylation is 1. The van der Waals surface area contributed by atoms with Crippen molar-refractivity contribution in [2.45, 2.75) is 19.4 Å². The lowest BCUT2D eigenvalue weighted by Gasteiger charge is -1.89. The van der Waals surface area contributed by atoms with Gasteiger partial charge in [-0.2, -0.15) is 0 Å². The van der Waals surface area contributed by atoms with Crippen LogP contribution in [-0.4, -0.2) is 16.1 Å². The van der Waals surface area contributed by atoms with Gasteiger partial charge in [0.25, 0.3) is 0 Å². The van der Waals surface area contributed by atoms with Crippen LogP contribution in [0.4, 0.5) is 0 Å². The molecule has 0 aliphatic rings. The van der Waals surface area contributed by atoms with Crippen molar-refractivity contribution in [3.8, 4) is 0 Å². The van der Waals surface area contributed by atoms with E-state index < -0.39 is 5.97 Å². The summed E-state index contributed by atoms with van der Waals surface area (Å²) >= 11 is 1.38. The Labute approximate surface area is 83.8 Å². The van der Waals surface area contributed by atoms with Gasteiger partial charge in [0.05, 0.1) is 18.0 Å². The first-order valence-corrected chi connectivity index (χ1v) is 4.70. The summed E-state index contributed by atoms with van der Waals surface area (Å²) < 4.78 is 0. The van der Waals surface area contributed by atoms with Crippen LogP contribution < -0.4 is 0 Å². The molecule has 74 valence electrons. The van der Waals surface area contributed by atoms with Gasteiger partial charge >= 0.3 is 5.97 Å².